The third kappa shape index (κ3) is 5.41. The van der Waals surface area contributed by atoms with E-state index in [-0.39, 0.29) is 25.0 Å². The number of benzene rings is 2. The molecule has 2 aromatic carbocycles. The van der Waals surface area contributed by atoms with E-state index in [1.165, 1.54) is 0 Å². The second kappa shape index (κ2) is 10.4. The van der Waals surface area contributed by atoms with Crippen LogP contribution in [0.5, 0.6) is 0 Å². The highest BCUT2D eigenvalue weighted by atomic mass is 16.3. The number of aromatic amines is 1. The summed E-state index contributed by atoms with van der Waals surface area (Å²) in [6.07, 6.45) is 0.290. The molecule has 3 N–H and O–H groups in total. The van der Waals surface area contributed by atoms with Gasteiger partial charge in [-0.15, -0.1) is 0 Å². The van der Waals surface area contributed by atoms with Crippen LogP contribution in [0.1, 0.15) is 36.8 Å². The molecule has 0 saturated heterocycles. The SMILES string of the molecule is Cc1cccc(-c2[nH]c(C(C)C)nc2-c2cccc(-c3ccc(CC(=O)NCCO)cc3)c2)n1. The predicted molar refractivity (Wildman–Crippen MR) is 135 cm³/mol. The first-order valence-corrected chi connectivity index (χ1v) is 11.6. The van der Waals surface area contributed by atoms with Crippen LogP contribution in [0.25, 0.3) is 33.8 Å². The number of aromatic nitrogens is 3. The summed E-state index contributed by atoms with van der Waals surface area (Å²) in [5.74, 6) is 1.10. The number of aliphatic hydroxyl groups excluding tert-OH is 1. The minimum atomic E-state index is -0.0967. The predicted octanol–water partition coefficient (Wildman–Crippen LogP) is 4.89. The molecule has 34 heavy (non-hydrogen) atoms. The molecule has 0 fully saturated rings. The van der Waals surface area contributed by atoms with Crippen molar-refractivity contribution in [2.75, 3.05) is 13.2 Å². The molecule has 174 valence electrons. The van der Waals surface area contributed by atoms with Gasteiger partial charge in [-0.25, -0.2) is 4.98 Å². The number of aryl methyl sites for hydroxylation is 1. The zero-order chi connectivity index (χ0) is 24.1. The van der Waals surface area contributed by atoms with Gasteiger partial charge in [0.05, 0.1) is 30.1 Å². The Morgan fingerprint density at radius 2 is 1.71 bits per heavy atom. The summed E-state index contributed by atoms with van der Waals surface area (Å²) < 4.78 is 0. The topological polar surface area (TPSA) is 90.9 Å². The molecule has 6 nitrogen and oxygen atoms in total. The molecule has 0 bridgehead atoms. The number of rotatable bonds is 8. The summed E-state index contributed by atoms with van der Waals surface area (Å²) in [7, 11) is 0. The third-order valence-corrected chi connectivity index (χ3v) is 5.64. The van der Waals surface area contributed by atoms with Crippen molar-refractivity contribution in [1.29, 1.82) is 0 Å². The number of nitrogens with one attached hydrogen (secondary N) is 2. The highest BCUT2D eigenvalue weighted by Crippen LogP contribution is 2.33. The Balaban J connectivity index is 1.65. The molecule has 0 spiro atoms. The van der Waals surface area contributed by atoms with E-state index in [0.717, 1.165) is 50.9 Å². The van der Waals surface area contributed by atoms with Gasteiger partial charge in [0, 0.05) is 23.7 Å². The fourth-order valence-corrected chi connectivity index (χ4v) is 3.85. The monoisotopic (exact) mass is 454 g/mol. The Bertz CT molecular complexity index is 1280. The summed E-state index contributed by atoms with van der Waals surface area (Å²) >= 11 is 0. The van der Waals surface area contributed by atoms with Crippen molar-refractivity contribution >= 4 is 5.91 Å². The standard InChI is InChI=1S/C28H30N4O2/c1-18(2)28-31-26(27(32-28)24-9-4-6-19(3)30-24)23-8-5-7-22(17-23)21-12-10-20(11-13-21)16-25(34)29-14-15-33/h4-13,17-18,33H,14-16H2,1-3H3,(H,29,34)(H,31,32). The molecule has 0 atom stereocenters. The number of carbonyl (C=O) groups excluding carboxylic acids is 1. The largest absolute Gasteiger partial charge is 0.395 e. The molecular weight excluding hydrogens is 424 g/mol. The van der Waals surface area contributed by atoms with E-state index in [0.29, 0.717) is 6.42 Å². The number of imidazole rings is 1. The van der Waals surface area contributed by atoms with E-state index < -0.39 is 0 Å². The number of hydrogen-bond acceptors (Lipinski definition) is 4. The average molecular weight is 455 g/mol. The molecular formula is C28H30N4O2. The van der Waals surface area contributed by atoms with Gasteiger partial charge in [0.25, 0.3) is 0 Å². The zero-order valence-electron chi connectivity index (χ0n) is 19.8. The summed E-state index contributed by atoms with van der Waals surface area (Å²) in [4.78, 5) is 25.1. The van der Waals surface area contributed by atoms with Gasteiger partial charge in [-0.1, -0.05) is 62.4 Å². The van der Waals surface area contributed by atoms with Gasteiger partial charge in [0.15, 0.2) is 0 Å². The molecule has 4 aromatic rings. The second-order valence-corrected chi connectivity index (χ2v) is 8.69. The summed E-state index contributed by atoms with van der Waals surface area (Å²) in [6.45, 7) is 6.45. The van der Waals surface area contributed by atoms with Crippen LogP contribution in [0, 0.1) is 6.92 Å². The second-order valence-electron chi connectivity index (χ2n) is 8.69. The van der Waals surface area contributed by atoms with Crippen LogP contribution < -0.4 is 5.32 Å². The molecule has 0 saturated carbocycles. The Kier molecular flexibility index (Phi) is 7.18. The van der Waals surface area contributed by atoms with E-state index in [4.69, 9.17) is 15.1 Å². The highest BCUT2D eigenvalue weighted by molar-refractivity contribution is 5.81. The van der Waals surface area contributed by atoms with E-state index in [2.05, 4.69) is 42.3 Å². The molecule has 4 rings (SSSR count). The smallest absolute Gasteiger partial charge is 0.224 e. The first-order chi connectivity index (χ1) is 16.4. The van der Waals surface area contributed by atoms with Crippen molar-refractivity contribution in [3.05, 3.63) is 83.8 Å². The lowest BCUT2D eigenvalue weighted by molar-refractivity contribution is -0.120. The van der Waals surface area contributed by atoms with Gasteiger partial charge in [0.2, 0.25) is 5.91 Å². The fourth-order valence-electron chi connectivity index (χ4n) is 3.85. The number of hydrogen-bond donors (Lipinski definition) is 3. The number of H-pyrrole nitrogens is 1. The number of nitrogens with zero attached hydrogens (tertiary/aromatic N) is 2. The number of amides is 1. The minimum absolute atomic E-state index is 0.0582. The highest BCUT2D eigenvalue weighted by Gasteiger charge is 2.17. The minimum Gasteiger partial charge on any atom is -0.395 e. The fraction of sp³-hybridized carbons (Fsp3) is 0.250. The van der Waals surface area contributed by atoms with Gasteiger partial charge in [0.1, 0.15) is 5.82 Å². The zero-order valence-corrected chi connectivity index (χ0v) is 19.8. The van der Waals surface area contributed by atoms with Crippen molar-refractivity contribution in [2.24, 2.45) is 0 Å². The van der Waals surface area contributed by atoms with Crippen molar-refractivity contribution in [2.45, 2.75) is 33.1 Å². The van der Waals surface area contributed by atoms with Crippen LogP contribution in [0.15, 0.2) is 66.7 Å². The van der Waals surface area contributed by atoms with Crippen LogP contribution in [-0.4, -0.2) is 39.1 Å². The molecule has 0 unspecified atom stereocenters. The normalized spacial score (nSPS) is 11.1. The number of carbonyl (C=O) groups is 1. The van der Waals surface area contributed by atoms with Gasteiger partial charge in [-0.05, 0) is 41.8 Å². The van der Waals surface area contributed by atoms with Crippen LogP contribution in [0.3, 0.4) is 0 Å². The van der Waals surface area contributed by atoms with Gasteiger partial charge >= 0.3 is 0 Å². The van der Waals surface area contributed by atoms with E-state index in [9.17, 15) is 4.79 Å². The van der Waals surface area contributed by atoms with Crippen molar-refractivity contribution < 1.29 is 9.90 Å². The Morgan fingerprint density at radius 3 is 2.41 bits per heavy atom. The number of pyridine rings is 1. The summed E-state index contributed by atoms with van der Waals surface area (Å²) in [5.41, 5.74) is 7.74. The maximum absolute atomic E-state index is 11.9. The summed E-state index contributed by atoms with van der Waals surface area (Å²) in [6, 6.07) is 22.3. The number of aliphatic hydroxyl groups is 1. The van der Waals surface area contributed by atoms with E-state index >= 15 is 0 Å². The Morgan fingerprint density at radius 1 is 0.971 bits per heavy atom. The van der Waals surface area contributed by atoms with Crippen LogP contribution in [0.4, 0.5) is 0 Å². The van der Waals surface area contributed by atoms with Gasteiger partial charge in [-0.2, -0.15) is 0 Å². The van der Waals surface area contributed by atoms with Crippen molar-refractivity contribution in [1.82, 2.24) is 20.3 Å². The van der Waals surface area contributed by atoms with E-state index in [1.807, 2.05) is 55.5 Å². The Labute approximate surface area is 200 Å². The molecule has 0 aliphatic carbocycles. The van der Waals surface area contributed by atoms with Crippen LogP contribution in [0.2, 0.25) is 0 Å². The first-order valence-electron chi connectivity index (χ1n) is 11.6. The molecule has 0 radical (unpaired) electrons. The lowest BCUT2D eigenvalue weighted by Crippen LogP contribution is -2.27. The maximum atomic E-state index is 11.9. The molecule has 0 aliphatic heterocycles. The lowest BCUT2D eigenvalue weighted by atomic mass is 9.99. The molecule has 6 heteroatoms. The van der Waals surface area contributed by atoms with E-state index in [1.54, 1.807) is 0 Å². The molecule has 1 amide bonds. The molecule has 2 aromatic heterocycles. The third-order valence-electron chi connectivity index (χ3n) is 5.64. The lowest BCUT2D eigenvalue weighted by Gasteiger charge is -2.08. The van der Waals surface area contributed by atoms with Crippen LogP contribution in [-0.2, 0) is 11.2 Å². The van der Waals surface area contributed by atoms with Crippen molar-refractivity contribution in [3.8, 4) is 33.8 Å². The van der Waals surface area contributed by atoms with Gasteiger partial charge < -0.3 is 15.4 Å². The molecule has 0 aliphatic rings. The van der Waals surface area contributed by atoms with Crippen LogP contribution >= 0.6 is 0 Å². The first kappa shape index (κ1) is 23.4. The average Bonchev–Trinajstić information content (AvgIpc) is 3.29. The molecule has 2 heterocycles. The quantitative estimate of drug-likeness (QED) is 0.354. The maximum Gasteiger partial charge on any atom is 0.224 e. The van der Waals surface area contributed by atoms with Gasteiger partial charge in [-0.3, -0.25) is 9.78 Å². The van der Waals surface area contributed by atoms with Crippen molar-refractivity contribution in [3.63, 3.8) is 0 Å². The summed E-state index contributed by atoms with van der Waals surface area (Å²) in [5, 5.41) is 11.5. The Hall–Kier alpha value is -3.77.